The van der Waals surface area contributed by atoms with Gasteiger partial charge in [-0.3, -0.25) is 4.79 Å². The molecule has 1 saturated carbocycles. The minimum Gasteiger partial charge on any atom is -0.298 e. The Hall–Kier alpha value is -1.11. The van der Waals surface area contributed by atoms with E-state index in [1.807, 2.05) is 18.2 Å². The molecule has 1 nitrogen and oxygen atoms in total. The molecule has 1 aromatic rings. The molecule has 0 radical (unpaired) electrons. The maximum Gasteiger partial charge on any atom is 0.145 e. The molecule has 2 rings (SSSR count). The van der Waals surface area contributed by atoms with Gasteiger partial charge in [0.2, 0.25) is 0 Å². The molecule has 1 heteroatoms. The number of carbonyl (C=O) groups excluding carboxylic acids is 1. The first-order valence-electron chi connectivity index (χ1n) is 6.20. The summed E-state index contributed by atoms with van der Waals surface area (Å²) in [5.74, 6) is 0.551. The molecule has 0 heterocycles. The van der Waals surface area contributed by atoms with Crippen molar-refractivity contribution in [2.45, 2.75) is 45.4 Å². The predicted molar refractivity (Wildman–Crippen MR) is 66.4 cm³/mol. The number of ketones is 1. The van der Waals surface area contributed by atoms with Gasteiger partial charge in [0.1, 0.15) is 5.78 Å². The second-order valence-corrected chi connectivity index (χ2v) is 5.46. The maximum atomic E-state index is 12.5. The predicted octanol–water partition coefficient (Wildman–Crippen LogP) is 3.94. The molecular formula is C15H20O. The number of Topliss-reactive ketones (excluding diaryl/α,β-unsaturated/α-hetero) is 1. The summed E-state index contributed by atoms with van der Waals surface area (Å²) >= 11 is 0. The van der Waals surface area contributed by atoms with Gasteiger partial charge in [0.05, 0.1) is 0 Å². The molecule has 1 aliphatic carbocycles. The van der Waals surface area contributed by atoms with Crippen LogP contribution in [0.3, 0.4) is 0 Å². The average molecular weight is 216 g/mol. The van der Waals surface area contributed by atoms with E-state index >= 15 is 0 Å². The molecule has 0 amide bonds. The Morgan fingerprint density at radius 2 is 1.81 bits per heavy atom. The van der Waals surface area contributed by atoms with Gasteiger partial charge in [-0.1, -0.05) is 57.0 Å². The van der Waals surface area contributed by atoms with E-state index in [0.717, 1.165) is 12.8 Å². The van der Waals surface area contributed by atoms with Crippen LogP contribution in [-0.4, -0.2) is 5.78 Å². The molecule has 0 bridgehead atoms. The number of carbonyl (C=O) groups is 1. The third-order valence-electron chi connectivity index (χ3n) is 3.73. The van der Waals surface area contributed by atoms with Gasteiger partial charge in [0.25, 0.3) is 0 Å². The van der Waals surface area contributed by atoms with Gasteiger partial charge >= 0.3 is 0 Å². The largest absolute Gasteiger partial charge is 0.298 e. The van der Waals surface area contributed by atoms with E-state index in [1.54, 1.807) is 0 Å². The average Bonchev–Trinajstić information content (AvgIpc) is 2.41. The van der Waals surface area contributed by atoms with Crippen LogP contribution in [0.15, 0.2) is 30.3 Å². The van der Waals surface area contributed by atoms with Gasteiger partial charge in [-0.15, -0.1) is 0 Å². The zero-order chi connectivity index (χ0) is 11.6. The van der Waals surface area contributed by atoms with Crippen molar-refractivity contribution < 1.29 is 4.79 Å². The third-order valence-corrected chi connectivity index (χ3v) is 3.73. The molecule has 1 fully saturated rings. The van der Waals surface area contributed by atoms with Gasteiger partial charge in [-0.2, -0.15) is 0 Å². The highest BCUT2D eigenvalue weighted by Gasteiger charge is 2.35. The molecule has 1 atom stereocenters. The first kappa shape index (κ1) is 11.4. The minimum atomic E-state index is -0.142. The van der Waals surface area contributed by atoms with Crippen LogP contribution in [-0.2, 0) is 4.79 Å². The van der Waals surface area contributed by atoms with Crippen molar-refractivity contribution in [2.75, 3.05) is 0 Å². The summed E-state index contributed by atoms with van der Waals surface area (Å²) in [5, 5.41) is 0. The molecule has 0 aliphatic heterocycles. The summed E-state index contributed by atoms with van der Waals surface area (Å²) < 4.78 is 0. The quantitative estimate of drug-likeness (QED) is 0.650. The summed E-state index contributed by atoms with van der Waals surface area (Å²) in [6.45, 7) is 4.19. The molecule has 0 N–H and O–H groups in total. The second-order valence-electron chi connectivity index (χ2n) is 5.46. The monoisotopic (exact) mass is 216 g/mol. The van der Waals surface area contributed by atoms with Crippen molar-refractivity contribution in [3.63, 3.8) is 0 Å². The van der Waals surface area contributed by atoms with Crippen LogP contribution in [0.2, 0.25) is 0 Å². The zero-order valence-corrected chi connectivity index (χ0v) is 10.2. The lowest BCUT2D eigenvalue weighted by atomic mass is 9.77. The fourth-order valence-corrected chi connectivity index (χ4v) is 2.64. The Morgan fingerprint density at radius 3 is 2.50 bits per heavy atom. The molecule has 1 aliphatic rings. The number of benzene rings is 1. The summed E-state index contributed by atoms with van der Waals surface area (Å²) in [6.07, 6.45) is 4.41. The summed E-state index contributed by atoms with van der Waals surface area (Å²) in [4.78, 5) is 12.5. The van der Waals surface area contributed by atoms with Crippen LogP contribution in [0.4, 0.5) is 0 Å². The minimum absolute atomic E-state index is 0.124. The number of hydrogen-bond acceptors (Lipinski definition) is 1. The SMILES string of the molecule is CC1(C)CCCCC(c2ccccc2)C1=O. The van der Waals surface area contributed by atoms with Crippen LogP contribution in [0.25, 0.3) is 0 Å². The van der Waals surface area contributed by atoms with Crippen LogP contribution in [0.5, 0.6) is 0 Å². The van der Waals surface area contributed by atoms with Crippen LogP contribution < -0.4 is 0 Å². The highest BCUT2D eigenvalue weighted by atomic mass is 16.1. The van der Waals surface area contributed by atoms with E-state index in [-0.39, 0.29) is 11.3 Å². The Bertz CT molecular complexity index is 364. The first-order chi connectivity index (χ1) is 7.61. The van der Waals surface area contributed by atoms with Crippen LogP contribution >= 0.6 is 0 Å². The molecule has 1 unspecified atom stereocenters. The highest BCUT2D eigenvalue weighted by Crippen LogP contribution is 2.38. The first-order valence-corrected chi connectivity index (χ1v) is 6.20. The highest BCUT2D eigenvalue weighted by molar-refractivity contribution is 5.90. The summed E-state index contributed by atoms with van der Waals surface area (Å²) in [7, 11) is 0. The topological polar surface area (TPSA) is 17.1 Å². The second kappa shape index (κ2) is 4.40. The van der Waals surface area contributed by atoms with E-state index in [2.05, 4.69) is 26.0 Å². The van der Waals surface area contributed by atoms with Crippen molar-refractivity contribution >= 4 is 5.78 Å². The molecule has 0 aromatic heterocycles. The molecule has 1 aromatic carbocycles. The number of hydrogen-bond donors (Lipinski definition) is 0. The molecule has 0 spiro atoms. The van der Waals surface area contributed by atoms with Crippen LogP contribution in [0.1, 0.15) is 51.0 Å². The zero-order valence-electron chi connectivity index (χ0n) is 10.2. The summed E-state index contributed by atoms with van der Waals surface area (Å²) in [5.41, 5.74) is 1.05. The Balaban J connectivity index is 2.30. The lowest BCUT2D eigenvalue weighted by Crippen LogP contribution is -2.27. The van der Waals surface area contributed by atoms with Crippen molar-refractivity contribution in [2.24, 2.45) is 5.41 Å². The molecule has 0 saturated heterocycles. The van der Waals surface area contributed by atoms with Gasteiger partial charge in [0, 0.05) is 11.3 Å². The van der Waals surface area contributed by atoms with Crippen LogP contribution in [0, 0.1) is 5.41 Å². The lowest BCUT2D eigenvalue weighted by molar-refractivity contribution is -0.128. The summed E-state index contributed by atoms with van der Waals surface area (Å²) in [6, 6.07) is 10.2. The van der Waals surface area contributed by atoms with Crippen molar-refractivity contribution in [1.82, 2.24) is 0 Å². The smallest absolute Gasteiger partial charge is 0.145 e. The lowest BCUT2D eigenvalue weighted by Gasteiger charge is -2.25. The van der Waals surface area contributed by atoms with E-state index in [1.165, 1.54) is 18.4 Å². The van der Waals surface area contributed by atoms with Crippen molar-refractivity contribution in [3.05, 3.63) is 35.9 Å². The van der Waals surface area contributed by atoms with Gasteiger partial charge in [-0.25, -0.2) is 0 Å². The maximum absolute atomic E-state index is 12.5. The van der Waals surface area contributed by atoms with Gasteiger partial charge in [-0.05, 0) is 18.4 Å². The number of rotatable bonds is 1. The fraction of sp³-hybridized carbons (Fsp3) is 0.533. The van der Waals surface area contributed by atoms with E-state index < -0.39 is 0 Å². The Morgan fingerprint density at radius 1 is 1.12 bits per heavy atom. The normalized spacial score (nSPS) is 25.1. The molecule has 16 heavy (non-hydrogen) atoms. The fourth-order valence-electron chi connectivity index (χ4n) is 2.64. The van der Waals surface area contributed by atoms with Gasteiger partial charge < -0.3 is 0 Å². The van der Waals surface area contributed by atoms with E-state index in [0.29, 0.717) is 5.78 Å². The molecule has 86 valence electrons. The Kier molecular flexibility index (Phi) is 3.13. The van der Waals surface area contributed by atoms with Crippen molar-refractivity contribution in [3.8, 4) is 0 Å². The van der Waals surface area contributed by atoms with Crippen molar-refractivity contribution in [1.29, 1.82) is 0 Å². The standard InChI is InChI=1S/C15H20O/c1-15(2)11-7-6-10-13(14(15)16)12-8-4-3-5-9-12/h3-5,8-9,13H,6-7,10-11H2,1-2H3. The molecular weight excluding hydrogens is 196 g/mol. The Labute approximate surface area is 97.9 Å². The third kappa shape index (κ3) is 2.18. The van der Waals surface area contributed by atoms with E-state index in [4.69, 9.17) is 0 Å². The van der Waals surface area contributed by atoms with Gasteiger partial charge in [0.15, 0.2) is 0 Å². The van der Waals surface area contributed by atoms with E-state index in [9.17, 15) is 4.79 Å².